The van der Waals surface area contributed by atoms with Crippen molar-refractivity contribution >= 4 is 17.4 Å². The second-order valence-corrected chi connectivity index (χ2v) is 4.40. The van der Waals surface area contributed by atoms with Gasteiger partial charge in [-0.15, -0.1) is 11.6 Å². The van der Waals surface area contributed by atoms with Gasteiger partial charge in [-0.05, 0) is 19.9 Å². The van der Waals surface area contributed by atoms with Crippen molar-refractivity contribution < 1.29 is 4.74 Å². The van der Waals surface area contributed by atoms with Crippen LogP contribution in [0.25, 0.3) is 0 Å². The minimum absolute atomic E-state index is 0.0840. The molecule has 0 saturated carbocycles. The van der Waals surface area contributed by atoms with Crippen LogP contribution in [0, 0.1) is 6.92 Å². The van der Waals surface area contributed by atoms with Crippen LogP contribution >= 0.6 is 11.6 Å². The molecule has 1 aromatic rings. The van der Waals surface area contributed by atoms with Crippen LogP contribution in [0.5, 0.6) is 0 Å². The quantitative estimate of drug-likeness (QED) is 0.738. The lowest BCUT2D eigenvalue weighted by atomic mass is 10.2. The number of hydrogen-bond donors (Lipinski definition) is 0. The molecule has 2 unspecified atom stereocenters. The van der Waals surface area contributed by atoms with E-state index in [1.165, 1.54) is 0 Å². The van der Waals surface area contributed by atoms with Gasteiger partial charge in [-0.25, -0.2) is 9.97 Å². The van der Waals surface area contributed by atoms with Crippen LogP contribution in [0.15, 0.2) is 12.3 Å². The molecule has 0 aliphatic carbocycles. The lowest BCUT2D eigenvalue weighted by molar-refractivity contribution is -0.00358. The molecule has 0 N–H and O–H groups in total. The number of aryl methyl sites for hydroxylation is 1. The Morgan fingerprint density at radius 3 is 3.06 bits per heavy atom. The molecular formula is C11H16ClN3O. The van der Waals surface area contributed by atoms with Crippen LogP contribution in [0.1, 0.15) is 12.7 Å². The number of rotatable bonds is 2. The van der Waals surface area contributed by atoms with E-state index in [1.807, 2.05) is 13.0 Å². The smallest absolute Gasteiger partial charge is 0.132 e. The van der Waals surface area contributed by atoms with Gasteiger partial charge in [0.05, 0.1) is 18.1 Å². The maximum Gasteiger partial charge on any atom is 0.132 e. The second-order valence-electron chi connectivity index (χ2n) is 4.09. The molecule has 1 aliphatic heterocycles. The first-order valence-corrected chi connectivity index (χ1v) is 5.98. The molecule has 4 nitrogen and oxygen atoms in total. The fraction of sp³-hybridized carbons (Fsp3) is 0.636. The van der Waals surface area contributed by atoms with Crippen LogP contribution in [-0.2, 0) is 4.74 Å². The molecule has 88 valence electrons. The number of alkyl halides is 1. The van der Waals surface area contributed by atoms with Gasteiger partial charge in [0.1, 0.15) is 11.6 Å². The summed E-state index contributed by atoms with van der Waals surface area (Å²) in [5.41, 5.74) is 0. The summed E-state index contributed by atoms with van der Waals surface area (Å²) in [6.07, 6.45) is 2.06. The first-order chi connectivity index (χ1) is 7.69. The first-order valence-electron chi connectivity index (χ1n) is 5.45. The second kappa shape index (κ2) is 4.97. The van der Waals surface area contributed by atoms with E-state index in [2.05, 4.69) is 21.8 Å². The molecule has 1 saturated heterocycles. The summed E-state index contributed by atoms with van der Waals surface area (Å²) >= 11 is 5.85. The van der Waals surface area contributed by atoms with E-state index in [0.717, 1.165) is 24.7 Å². The Labute approximate surface area is 101 Å². The highest BCUT2D eigenvalue weighted by Gasteiger charge is 2.25. The number of morpholine rings is 1. The van der Waals surface area contributed by atoms with E-state index in [9.17, 15) is 0 Å². The van der Waals surface area contributed by atoms with E-state index in [0.29, 0.717) is 5.88 Å². The van der Waals surface area contributed by atoms with Gasteiger partial charge in [0.25, 0.3) is 0 Å². The van der Waals surface area contributed by atoms with Gasteiger partial charge in [0.15, 0.2) is 0 Å². The van der Waals surface area contributed by atoms with Crippen molar-refractivity contribution in [2.75, 3.05) is 23.9 Å². The normalized spacial score (nSPS) is 25.8. The minimum Gasteiger partial charge on any atom is -0.370 e. The molecular weight excluding hydrogens is 226 g/mol. The number of anilines is 1. The third-order valence-corrected chi connectivity index (χ3v) is 2.93. The van der Waals surface area contributed by atoms with Gasteiger partial charge in [-0.3, -0.25) is 0 Å². The zero-order valence-corrected chi connectivity index (χ0v) is 10.3. The van der Waals surface area contributed by atoms with Gasteiger partial charge in [0.2, 0.25) is 0 Å². The molecule has 0 amide bonds. The zero-order valence-electron chi connectivity index (χ0n) is 9.56. The Morgan fingerprint density at radius 1 is 1.56 bits per heavy atom. The Morgan fingerprint density at radius 2 is 2.38 bits per heavy atom. The molecule has 2 rings (SSSR count). The number of ether oxygens (including phenoxy) is 1. The van der Waals surface area contributed by atoms with Gasteiger partial charge >= 0.3 is 0 Å². The monoisotopic (exact) mass is 241 g/mol. The Hall–Kier alpha value is -0.870. The van der Waals surface area contributed by atoms with Crippen molar-refractivity contribution in [2.45, 2.75) is 26.1 Å². The predicted molar refractivity (Wildman–Crippen MR) is 64.0 cm³/mol. The summed E-state index contributed by atoms with van der Waals surface area (Å²) in [6.45, 7) is 5.60. The van der Waals surface area contributed by atoms with Crippen molar-refractivity contribution in [3.05, 3.63) is 18.1 Å². The third kappa shape index (κ3) is 2.62. The van der Waals surface area contributed by atoms with E-state index in [4.69, 9.17) is 16.3 Å². The molecule has 1 fully saturated rings. The molecule has 0 bridgehead atoms. The van der Waals surface area contributed by atoms with Crippen molar-refractivity contribution in [3.8, 4) is 0 Å². The SMILES string of the molecule is Cc1nccc(N2CC(C)OC(CCl)C2)n1. The summed E-state index contributed by atoms with van der Waals surface area (Å²) in [5, 5.41) is 0. The first kappa shape index (κ1) is 11.6. The number of halogens is 1. The zero-order chi connectivity index (χ0) is 11.5. The van der Waals surface area contributed by atoms with E-state index in [1.54, 1.807) is 6.20 Å². The molecule has 2 atom stereocenters. The van der Waals surface area contributed by atoms with E-state index in [-0.39, 0.29) is 12.2 Å². The van der Waals surface area contributed by atoms with Crippen molar-refractivity contribution in [2.24, 2.45) is 0 Å². The molecule has 0 spiro atoms. The van der Waals surface area contributed by atoms with Crippen molar-refractivity contribution in [1.82, 2.24) is 9.97 Å². The minimum atomic E-state index is 0.0840. The number of aromatic nitrogens is 2. The summed E-state index contributed by atoms with van der Waals surface area (Å²) in [4.78, 5) is 10.7. The average Bonchev–Trinajstić information content (AvgIpc) is 2.28. The highest BCUT2D eigenvalue weighted by molar-refractivity contribution is 6.18. The Bertz CT molecular complexity index is 361. The summed E-state index contributed by atoms with van der Waals surface area (Å²) in [6, 6.07) is 1.93. The standard InChI is InChI=1S/C11H16ClN3O/c1-8-6-15(7-10(5-12)16-8)11-3-4-13-9(2)14-11/h3-4,8,10H,5-7H2,1-2H3. The van der Waals surface area contributed by atoms with Crippen molar-refractivity contribution in [1.29, 1.82) is 0 Å². The summed E-state index contributed by atoms with van der Waals surface area (Å²) in [5.74, 6) is 2.27. The fourth-order valence-corrected chi connectivity index (χ4v) is 2.11. The van der Waals surface area contributed by atoms with Crippen LogP contribution < -0.4 is 4.90 Å². The fourth-order valence-electron chi connectivity index (χ4n) is 1.94. The van der Waals surface area contributed by atoms with Crippen LogP contribution in [0.3, 0.4) is 0 Å². The third-order valence-electron chi connectivity index (χ3n) is 2.58. The average molecular weight is 242 g/mol. The van der Waals surface area contributed by atoms with Crippen LogP contribution in [0.4, 0.5) is 5.82 Å². The maximum atomic E-state index is 5.85. The van der Waals surface area contributed by atoms with Crippen molar-refractivity contribution in [3.63, 3.8) is 0 Å². The van der Waals surface area contributed by atoms with Gasteiger partial charge in [0, 0.05) is 19.3 Å². The lowest BCUT2D eigenvalue weighted by Gasteiger charge is -2.36. The summed E-state index contributed by atoms with van der Waals surface area (Å²) < 4.78 is 5.70. The number of hydrogen-bond acceptors (Lipinski definition) is 4. The predicted octanol–water partition coefficient (Wildman–Crippen LogP) is 1.62. The summed E-state index contributed by atoms with van der Waals surface area (Å²) in [7, 11) is 0. The molecule has 0 radical (unpaired) electrons. The highest BCUT2D eigenvalue weighted by atomic mass is 35.5. The van der Waals surface area contributed by atoms with E-state index >= 15 is 0 Å². The topological polar surface area (TPSA) is 38.2 Å². The molecule has 0 aromatic carbocycles. The molecule has 5 heteroatoms. The van der Waals surface area contributed by atoms with Crippen LogP contribution in [0.2, 0.25) is 0 Å². The van der Waals surface area contributed by atoms with Gasteiger partial charge in [-0.2, -0.15) is 0 Å². The molecule has 16 heavy (non-hydrogen) atoms. The largest absolute Gasteiger partial charge is 0.370 e. The highest BCUT2D eigenvalue weighted by Crippen LogP contribution is 2.18. The van der Waals surface area contributed by atoms with Gasteiger partial charge < -0.3 is 9.64 Å². The maximum absolute atomic E-state index is 5.85. The van der Waals surface area contributed by atoms with E-state index < -0.39 is 0 Å². The molecule has 1 aromatic heterocycles. The molecule has 2 heterocycles. The lowest BCUT2D eigenvalue weighted by Crippen LogP contribution is -2.47. The van der Waals surface area contributed by atoms with Gasteiger partial charge in [-0.1, -0.05) is 0 Å². The Balaban J connectivity index is 2.14. The van der Waals surface area contributed by atoms with Crippen LogP contribution in [-0.4, -0.2) is 41.1 Å². The number of nitrogens with zero attached hydrogens (tertiary/aromatic N) is 3. The Kier molecular flexibility index (Phi) is 3.61. The molecule has 1 aliphatic rings.